The highest BCUT2D eigenvalue weighted by molar-refractivity contribution is 5.84. The standard InChI is InChI=1S/C24H25F3N4O4/c25-24(26,27)16-3-1-2-15(8-16)22(33)23(34)30-7-6-21(32)31-13-18(9-17(31)12-30)35-20-11-28-19(10-29-20)14-4-5-14/h1-3,8,10-11,14,17-18,22,33H,4-7,9,12-13H2/t17-,18-,22?/m1/s1. The van der Waals surface area contributed by atoms with E-state index in [-0.39, 0.29) is 43.1 Å². The summed E-state index contributed by atoms with van der Waals surface area (Å²) >= 11 is 0. The molecule has 2 aromatic rings. The molecule has 186 valence electrons. The van der Waals surface area contributed by atoms with E-state index in [1.54, 1.807) is 17.3 Å². The molecule has 1 aliphatic carbocycles. The van der Waals surface area contributed by atoms with Crippen molar-refractivity contribution in [3.63, 3.8) is 0 Å². The highest BCUT2D eigenvalue weighted by atomic mass is 19.4. The number of carbonyl (C=O) groups excluding carboxylic acids is 2. The first kappa shape index (κ1) is 23.5. The molecule has 2 aliphatic heterocycles. The first-order valence-electron chi connectivity index (χ1n) is 11.6. The molecule has 0 spiro atoms. The maximum absolute atomic E-state index is 13.0. The highest BCUT2D eigenvalue weighted by Crippen LogP contribution is 2.38. The molecule has 3 atom stereocenters. The fourth-order valence-electron chi connectivity index (χ4n) is 4.71. The summed E-state index contributed by atoms with van der Waals surface area (Å²) in [5, 5.41) is 10.5. The normalized spacial score (nSPS) is 23.6. The average molecular weight is 490 g/mol. The van der Waals surface area contributed by atoms with Crippen molar-refractivity contribution in [2.24, 2.45) is 0 Å². The van der Waals surface area contributed by atoms with E-state index in [1.807, 2.05) is 0 Å². The van der Waals surface area contributed by atoms with Crippen LogP contribution in [0.3, 0.4) is 0 Å². The summed E-state index contributed by atoms with van der Waals surface area (Å²) in [6.45, 7) is 0.584. The molecule has 0 radical (unpaired) electrons. The summed E-state index contributed by atoms with van der Waals surface area (Å²) in [7, 11) is 0. The van der Waals surface area contributed by atoms with Gasteiger partial charge in [-0.05, 0) is 30.5 Å². The predicted molar refractivity (Wildman–Crippen MR) is 116 cm³/mol. The minimum absolute atomic E-state index is 0.0557. The Hall–Kier alpha value is -3.21. The lowest BCUT2D eigenvalue weighted by Crippen LogP contribution is -2.42. The molecule has 1 aromatic carbocycles. The van der Waals surface area contributed by atoms with Gasteiger partial charge in [0.2, 0.25) is 11.8 Å². The number of aliphatic hydroxyl groups is 1. The van der Waals surface area contributed by atoms with Crippen LogP contribution >= 0.6 is 0 Å². The van der Waals surface area contributed by atoms with Crippen molar-refractivity contribution in [2.75, 3.05) is 19.6 Å². The number of hydrogen-bond donors (Lipinski definition) is 1. The summed E-state index contributed by atoms with van der Waals surface area (Å²) < 4.78 is 45.1. The minimum atomic E-state index is -4.59. The Morgan fingerprint density at radius 1 is 1.17 bits per heavy atom. The number of halogens is 3. The van der Waals surface area contributed by atoms with Crippen molar-refractivity contribution in [3.8, 4) is 5.88 Å². The van der Waals surface area contributed by atoms with Gasteiger partial charge >= 0.3 is 6.18 Å². The van der Waals surface area contributed by atoms with Gasteiger partial charge in [0.25, 0.3) is 5.91 Å². The van der Waals surface area contributed by atoms with Crippen molar-refractivity contribution in [1.29, 1.82) is 0 Å². The van der Waals surface area contributed by atoms with Crippen molar-refractivity contribution < 1.29 is 32.6 Å². The van der Waals surface area contributed by atoms with Gasteiger partial charge in [-0.15, -0.1) is 0 Å². The van der Waals surface area contributed by atoms with Crippen LogP contribution < -0.4 is 4.74 Å². The van der Waals surface area contributed by atoms with Gasteiger partial charge in [-0.3, -0.25) is 14.6 Å². The van der Waals surface area contributed by atoms with Crippen molar-refractivity contribution in [1.82, 2.24) is 19.8 Å². The second-order valence-electron chi connectivity index (χ2n) is 9.29. The van der Waals surface area contributed by atoms with Crippen LogP contribution in [0.15, 0.2) is 36.7 Å². The largest absolute Gasteiger partial charge is 0.471 e. The molecule has 3 heterocycles. The van der Waals surface area contributed by atoms with E-state index in [9.17, 15) is 27.9 Å². The Labute approximate surface area is 199 Å². The molecule has 1 saturated carbocycles. The second-order valence-corrected chi connectivity index (χ2v) is 9.29. The second kappa shape index (κ2) is 9.10. The summed E-state index contributed by atoms with van der Waals surface area (Å²) in [6, 6.07) is 3.76. The summed E-state index contributed by atoms with van der Waals surface area (Å²) in [5.41, 5.74) is -0.137. The topological polar surface area (TPSA) is 95.9 Å². The third kappa shape index (κ3) is 5.09. The zero-order valence-electron chi connectivity index (χ0n) is 18.8. The maximum Gasteiger partial charge on any atom is 0.416 e. The number of aromatic nitrogens is 2. The van der Waals surface area contributed by atoms with E-state index >= 15 is 0 Å². The number of amides is 2. The molecule has 11 heteroatoms. The number of nitrogens with zero attached hydrogens (tertiary/aromatic N) is 4. The molecule has 35 heavy (non-hydrogen) atoms. The smallest absolute Gasteiger partial charge is 0.416 e. The number of carbonyl (C=O) groups is 2. The SMILES string of the molecule is O=C(C(O)c1cccc(C(F)(F)F)c1)N1CCC(=O)N2C[C@H](Oc3cnc(C4CC4)cn3)C[C@@H]2C1. The molecule has 2 saturated heterocycles. The van der Waals surface area contributed by atoms with Gasteiger partial charge in [0.05, 0.1) is 36.2 Å². The lowest BCUT2D eigenvalue weighted by atomic mass is 10.0. The summed E-state index contributed by atoms with van der Waals surface area (Å²) in [4.78, 5) is 37.4. The quantitative estimate of drug-likeness (QED) is 0.693. The maximum atomic E-state index is 13.0. The zero-order chi connectivity index (χ0) is 24.7. The van der Waals surface area contributed by atoms with E-state index < -0.39 is 23.8 Å². The molecule has 1 N–H and O–H groups in total. The highest BCUT2D eigenvalue weighted by Gasteiger charge is 2.41. The van der Waals surface area contributed by atoms with E-state index in [0.29, 0.717) is 24.8 Å². The zero-order valence-corrected chi connectivity index (χ0v) is 18.8. The van der Waals surface area contributed by atoms with Crippen LogP contribution in [0.1, 0.15) is 54.5 Å². The monoisotopic (exact) mass is 490 g/mol. The summed E-state index contributed by atoms with van der Waals surface area (Å²) in [5.74, 6) is -0.0180. The first-order valence-corrected chi connectivity index (χ1v) is 11.6. The Kier molecular flexibility index (Phi) is 6.12. The fraction of sp³-hybridized carbons (Fsp3) is 0.500. The summed E-state index contributed by atoms with van der Waals surface area (Å²) in [6.07, 6.45) is -0.624. The van der Waals surface area contributed by atoms with E-state index in [0.717, 1.165) is 36.7 Å². The molecule has 1 unspecified atom stereocenters. The number of aliphatic hydroxyl groups excluding tert-OH is 1. The minimum Gasteiger partial charge on any atom is -0.471 e. The third-order valence-electron chi connectivity index (χ3n) is 6.73. The van der Waals surface area contributed by atoms with Crippen LogP contribution in [0.4, 0.5) is 13.2 Å². The Morgan fingerprint density at radius 2 is 1.97 bits per heavy atom. The molecular formula is C24H25F3N4O4. The fourth-order valence-corrected chi connectivity index (χ4v) is 4.71. The molecule has 0 bridgehead atoms. The Balaban J connectivity index is 1.24. The van der Waals surface area contributed by atoms with Crippen molar-refractivity contribution >= 4 is 11.8 Å². The van der Waals surface area contributed by atoms with Crippen LogP contribution in [-0.2, 0) is 15.8 Å². The molecule has 3 fully saturated rings. The van der Waals surface area contributed by atoms with E-state index in [1.165, 1.54) is 11.0 Å². The van der Waals surface area contributed by atoms with Gasteiger partial charge in [0.1, 0.15) is 6.10 Å². The number of hydrogen-bond acceptors (Lipinski definition) is 6. The van der Waals surface area contributed by atoms with Crippen LogP contribution in [0.25, 0.3) is 0 Å². The number of fused-ring (bicyclic) bond motifs is 1. The molecule has 2 amide bonds. The lowest BCUT2D eigenvalue weighted by molar-refractivity contribution is -0.142. The van der Waals surface area contributed by atoms with Gasteiger partial charge in [-0.2, -0.15) is 13.2 Å². The van der Waals surface area contributed by atoms with Gasteiger partial charge in [-0.25, -0.2) is 4.98 Å². The molecule has 8 nitrogen and oxygen atoms in total. The van der Waals surface area contributed by atoms with Crippen LogP contribution in [-0.4, -0.2) is 68.5 Å². The van der Waals surface area contributed by atoms with Crippen LogP contribution in [0.2, 0.25) is 0 Å². The number of benzene rings is 1. The first-order chi connectivity index (χ1) is 16.7. The molecule has 1 aromatic heterocycles. The average Bonchev–Trinajstić information content (AvgIpc) is 3.63. The van der Waals surface area contributed by atoms with Gasteiger partial charge in [0.15, 0.2) is 6.10 Å². The predicted octanol–water partition coefficient (Wildman–Crippen LogP) is 2.69. The van der Waals surface area contributed by atoms with Gasteiger partial charge in [0, 0.05) is 31.8 Å². The van der Waals surface area contributed by atoms with Gasteiger partial charge in [-0.1, -0.05) is 12.1 Å². The van der Waals surface area contributed by atoms with E-state index in [2.05, 4.69) is 9.97 Å². The van der Waals surface area contributed by atoms with Crippen molar-refractivity contribution in [3.05, 3.63) is 53.5 Å². The van der Waals surface area contributed by atoms with Crippen LogP contribution in [0.5, 0.6) is 5.88 Å². The number of ether oxygens (including phenoxy) is 1. The Morgan fingerprint density at radius 3 is 2.66 bits per heavy atom. The molecule has 3 aliphatic rings. The van der Waals surface area contributed by atoms with Crippen LogP contribution in [0, 0.1) is 0 Å². The Bertz CT molecular complexity index is 1110. The number of rotatable bonds is 5. The molecule has 5 rings (SSSR count). The lowest BCUT2D eigenvalue weighted by Gasteiger charge is -2.27. The third-order valence-corrected chi connectivity index (χ3v) is 6.73. The van der Waals surface area contributed by atoms with Crippen molar-refractivity contribution in [2.45, 2.75) is 56.0 Å². The van der Waals surface area contributed by atoms with Gasteiger partial charge < -0.3 is 19.6 Å². The van der Waals surface area contributed by atoms with E-state index in [4.69, 9.17) is 4.74 Å². The number of alkyl halides is 3. The molecular weight excluding hydrogens is 465 g/mol.